The van der Waals surface area contributed by atoms with E-state index in [1.165, 1.54) is 0 Å². The molecule has 0 aromatic heterocycles. The lowest BCUT2D eigenvalue weighted by Gasteiger charge is -2.19. The molecule has 1 aromatic carbocycles. The van der Waals surface area contributed by atoms with Gasteiger partial charge in [0.1, 0.15) is 5.75 Å². The van der Waals surface area contributed by atoms with Crippen molar-refractivity contribution in [2.75, 3.05) is 20.7 Å². The smallest absolute Gasteiger partial charge is 0.307 e. The zero-order valence-corrected chi connectivity index (χ0v) is 10.1. The highest BCUT2D eigenvalue weighted by molar-refractivity contribution is 5.70. The Balaban J connectivity index is 2.14. The van der Waals surface area contributed by atoms with Crippen molar-refractivity contribution in [3.8, 4) is 5.75 Å². The van der Waals surface area contributed by atoms with Gasteiger partial charge in [0.25, 0.3) is 0 Å². The molecule has 4 heteroatoms. The fraction of sp³-hybridized carbons (Fsp3) is 0.462. The van der Waals surface area contributed by atoms with Crippen molar-refractivity contribution in [2.45, 2.75) is 12.5 Å². The Morgan fingerprint density at radius 3 is 2.53 bits per heavy atom. The molecule has 1 N–H and O–H groups in total. The van der Waals surface area contributed by atoms with Crippen LogP contribution in [0, 0.1) is 5.92 Å². The number of nitrogens with zero attached hydrogens (tertiary/aromatic N) is 1. The van der Waals surface area contributed by atoms with Crippen molar-refractivity contribution >= 4 is 5.97 Å². The largest absolute Gasteiger partial charge is 0.497 e. The molecule has 1 aliphatic heterocycles. The first-order valence-electron chi connectivity index (χ1n) is 5.69. The predicted molar refractivity (Wildman–Crippen MR) is 64.1 cm³/mol. The molecular weight excluding hydrogens is 218 g/mol. The van der Waals surface area contributed by atoms with Crippen LogP contribution in [0.2, 0.25) is 0 Å². The van der Waals surface area contributed by atoms with E-state index in [1.54, 1.807) is 7.11 Å². The van der Waals surface area contributed by atoms with Crippen LogP contribution in [0.4, 0.5) is 0 Å². The summed E-state index contributed by atoms with van der Waals surface area (Å²) in [6.07, 6.45) is 0.679. The number of ether oxygens (including phenoxy) is 1. The first-order valence-corrected chi connectivity index (χ1v) is 5.69. The van der Waals surface area contributed by atoms with E-state index in [2.05, 4.69) is 4.90 Å². The van der Waals surface area contributed by atoms with Gasteiger partial charge < -0.3 is 9.84 Å². The Bertz CT molecular complexity index is 402. The first-order chi connectivity index (χ1) is 8.11. The molecule has 0 unspecified atom stereocenters. The Hall–Kier alpha value is -1.55. The van der Waals surface area contributed by atoms with Gasteiger partial charge in [0.2, 0.25) is 0 Å². The number of carboxylic acids is 1. The molecule has 1 aromatic rings. The SMILES string of the molecule is COc1ccc([C@H]2C[C@H](C(=O)O)CN2C)cc1. The fourth-order valence-corrected chi connectivity index (χ4v) is 2.39. The summed E-state index contributed by atoms with van der Waals surface area (Å²) in [5.74, 6) is -0.135. The summed E-state index contributed by atoms with van der Waals surface area (Å²) in [7, 11) is 3.61. The van der Waals surface area contributed by atoms with E-state index in [4.69, 9.17) is 9.84 Å². The number of hydrogen-bond acceptors (Lipinski definition) is 3. The predicted octanol–water partition coefficient (Wildman–Crippen LogP) is 1.77. The first kappa shape index (κ1) is 11.9. The van der Waals surface area contributed by atoms with Crippen LogP contribution in [0.5, 0.6) is 5.75 Å². The second kappa shape index (κ2) is 4.75. The van der Waals surface area contributed by atoms with E-state index >= 15 is 0 Å². The highest BCUT2D eigenvalue weighted by Gasteiger charge is 2.34. The number of methoxy groups -OCH3 is 1. The third-order valence-corrected chi connectivity index (χ3v) is 3.40. The van der Waals surface area contributed by atoms with Crippen molar-refractivity contribution in [2.24, 2.45) is 5.92 Å². The topological polar surface area (TPSA) is 49.8 Å². The second-order valence-electron chi connectivity index (χ2n) is 4.50. The highest BCUT2D eigenvalue weighted by atomic mass is 16.5. The third-order valence-electron chi connectivity index (χ3n) is 3.40. The number of carbonyl (C=O) groups is 1. The summed E-state index contributed by atoms with van der Waals surface area (Å²) < 4.78 is 5.11. The van der Waals surface area contributed by atoms with E-state index in [9.17, 15) is 4.79 Å². The molecule has 1 aliphatic rings. The minimum absolute atomic E-state index is 0.196. The van der Waals surface area contributed by atoms with Crippen LogP contribution in [0.1, 0.15) is 18.0 Å². The van der Waals surface area contributed by atoms with Gasteiger partial charge in [-0.3, -0.25) is 9.69 Å². The van der Waals surface area contributed by atoms with E-state index in [0.29, 0.717) is 13.0 Å². The monoisotopic (exact) mass is 235 g/mol. The van der Waals surface area contributed by atoms with Gasteiger partial charge in [0.15, 0.2) is 0 Å². The number of hydrogen-bond donors (Lipinski definition) is 1. The van der Waals surface area contributed by atoms with Crippen molar-refractivity contribution in [3.63, 3.8) is 0 Å². The molecule has 1 saturated heterocycles. The summed E-state index contributed by atoms with van der Waals surface area (Å²) >= 11 is 0. The molecule has 1 heterocycles. The zero-order valence-electron chi connectivity index (χ0n) is 10.1. The number of rotatable bonds is 3. The normalized spacial score (nSPS) is 24.8. The van der Waals surface area contributed by atoms with Crippen LogP contribution in [0.3, 0.4) is 0 Å². The summed E-state index contributed by atoms with van der Waals surface area (Å²) in [4.78, 5) is 13.1. The molecule has 0 saturated carbocycles. The lowest BCUT2D eigenvalue weighted by Crippen LogP contribution is -2.20. The maximum Gasteiger partial charge on any atom is 0.307 e. The molecule has 92 valence electrons. The van der Waals surface area contributed by atoms with Gasteiger partial charge in [-0.2, -0.15) is 0 Å². The van der Waals surface area contributed by atoms with Gasteiger partial charge in [-0.05, 0) is 31.2 Å². The van der Waals surface area contributed by atoms with E-state index in [0.717, 1.165) is 11.3 Å². The molecule has 0 aliphatic carbocycles. The quantitative estimate of drug-likeness (QED) is 0.867. The molecule has 17 heavy (non-hydrogen) atoms. The van der Waals surface area contributed by atoms with Crippen LogP contribution >= 0.6 is 0 Å². The van der Waals surface area contributed by atoms with Crippen LogP contribution < -0.4 is 4.74 Å². The molecule has 1 fully saturated rings. The Morgan fingerprint density at radius 2 is 2.06 bits per heavy atom. The lowest BCUT2D eigenvalue weighted by atomic mass is 10.00. The van der Waals surface area contributed by atoms with Gasteiger partial charge in [-0.25, -0.2) is 0 Å². The Morgan fingerprint density at radius 1 is 1.41 bits per heavy atom. The zero-order chi connectivity index (χ0) is 12.4. The minimum atomic E-state index is -0.701. The Kier molecular flexibility index (Phi) is 3.33. The maximum absolute atomic E-state index is 11.0. The van der Waals surface area contributed by atoms with E-state index in [-0.39, 0.29) is 12.0 Å². The molecule has 0 radical (unpaired) electrons. The van der Waals surface area contributed by atoms with Crippen molar-refractivity contribution in [3.05, 3.63) is 29.8 Å². The van der Waals surface area contributed by atoms with Crippen LogP contribution in [0.15, 0.2) is 24.3 Å². The van der Waals surface area contributed by atoms with E-state index in [1.807, 2.05) is 31.3 Å². The summed E-state index contributed by atoms with van der Waals surface area (Å²) in [6.45, 7) is 0.617. The van der Waals surface area contributed by atoms with Crippen LogP contribution in [0.25, 0.3) is 0 Å². The summed E-state index contributed by atoms with van der Waals surface area (Å²) in [6, 6.07) is 8.03. The standard InChI is InChI=1S/C13H17NO3/c1-14-8-10(13(15)16)7-12(14)9-3-5-11(17-2)6-4-9/h3-6,10,12H,7-8H2,1-2H3,(H,15,16)/t10-,12+/m0/s1. The van der Waals surface area contributed by atoms with Crippen molar-refractivity contribution < 1.29 is 14.6 Å². The van der Waals surface area contributed by atoms with Gasteiger partial charge in [0.05, 0.1) is 13.0 Å². The molecule has 0 bridgehead atoms. The van der Waals surface area contributed by atoms with Gasteiger partial charge in [-0.15, -0.1) is 0 Å². The highest BCUT2D eigenvalue weighted by Crippen LogP contribution is 2.34. The average molecular weight is 235 g/mol. The third kappa shape index (κ3) is 2.42. The second-order valence-corrected chi connectivity index (χ2v) is 4.50. The molecule has 2 atom stereocenters. The summed E-state index contributed by atoms with van der Waals surface area (Å²) in [5, 5.41) is 9.03. The van der Waals surface area contributed by atoms with Gasteiger partial charge >= 0.3 is 5.97 Å². The lowest BCUT2D eigenvalue weighted by molar-refractivity contribution is -0.141. The molecular formula is C13H17NO3. The maximum atomic E-state index is 11.0. The van der Waals surface area contributed by atoms with Crippen LogP contribution in [-0.4, -0.2) is 36.7 Å². The van der Waals surface area contributed by atoms with Gasteiger partial charge in [-0.1, -0.05) is 12.1 Å². The number of likely N-dealkylation sites (tertiary alicyclic amines) is 1. The van der Waals surface area contributed by atoms with Crippen molar-refractivity contribution in [1.82, 2.24) is 4.90 Å². The molecule has 2 rings (SSSR count). The summed E-state index contributed by atoms with van der Waals surface area (Å²) in [5.41, 5.74) is 1.15. The van der Waals surface area contributed by atoms with Crippen LogP contribution in [-0.2, 0) is 4.79 Å². The van der Waals surface area contributed by atoms with Crippen molar-refractivity contribution in [1.29, 1.82) is 0 Å². The van der Waals surface area contributed by atoms with E-state index < -0.39 is 5.97 Å². The number of benzene rings is 1. The Labute approximate surface area is 101 Å². The molecule has 0 amide bonds. The minimum Gasteiger partial charge on any atom is -0.497 e. The molecule has 4 nitrogen and oxygen atoms in total. The number of aliphatic carboxylic acids is 1. The number of carboxylic acid groups (broad SMARTS) is 1. The molecule has 0 spiro atoms. The average Bonchev–Trinajstić information content (AvgIpc) is 2.72. The fourth-order valence-electron chi connectivity index (χ4n) is 2.39. The van der Waals surface area contributed by atoms with Gasteiger partial charge in [0, 0.05) is 12.6 Å².